The van der Waals surface area contributed by atoms with E-state index in [0.717, 1.165) is 12.8 Å². The Hall–Kier alpha value is -2.64. The number of amides is 1. The van der Waals surface area contributed by atoms with Gasteiger partial charge >= 0.3 is 5.97 Å². The fourth-order valence-corrected chi connectivity index (χ4v) is 3.14. The molecule has 0 radical (unpaired) electrons. The van der Waals surface area contributed by atoms with Crippen LogP contribution in [0.3, 0.4) is 0 Å². The van der Waals surface area contributed by atoms with Gasteiger partial charge in [0.25, 0.3) is 0 Å². The molecule has 8 nitrogen and oxygen atoms in total. The average Bonchev–Trinajstić information content (AvgIpc) is 2.99. The summed E-state index contributed by atoms with van der Waals surface area (Å²) >= 11 is 0. The lowest BCUT2D eigenvalue weighted by Crippen LogP contribution is -2.40. The summed E-state index contributed by atoms with van der Waals surface area (Å²) in [6.07, 6.45) is 7.01. The maximum absolute atomic E-state index is 12.6. The van der Waals surface area contributed by atoms with Crippen molar-refractivity contribution in [3.05, 3.63) is 24.4 Å². The lowest BCUT2D eigenvalue weighted by molar-refractivity contribution is -0.143. The Morgan fingerprint density at radius 3 is 2.58 bits per heavy atom. The minimum Gasteiger partial charge on any atom is -0.481 e. The second kappa shape index (κ2) is 6.86. The number of rotatable bonds is 3. The molecule has 2 aliphatic rings. The Kier molecular flexibility index (Phi) is 4.64. The predicted octanol–water partition coefficient (Wildman–Crippen LogP) is 0.374. The number of allylic oxidation sites excluding steroid dienone is 2. The highest BCUT2D eigenvalue weighted by Gasteiger charge is 2.33. The molecule has 2 heterocycles. The number of nitrogen functional groups attached to an aromatic ring is 1. The summed E-state index contributed by atoms with van der Waals surface area (Å²) in [7, 11) is 0. The lowest BCUT2D eigenvalue weighted by Gasteiger charge is -2.25. The number of carboxylic acid groups (broad SMARTS) is 1. The van der Waals surface area contributed by atoms with Crippen molar-refractivity contribution in [3.8, 4) is 0 Å². The summed E-state index contributed by atoms with van der Waals surface area (Å²) in [5.41, 5.74) is 5.69. The standard InChI is InChI=1S/C16H21N5O3/c17-13-5-6-18-16(19-13)21-8-7-20(9-12(10-21)15(23)24)14(22)11-3-1-2-4-11/h1-2,5-6,11-12H,3-4,7-10H2,(H,23,24)(H2,17,18,19)/t12-/m0/s1. The van der Waals surface area contributed by atoms with Gasteiger partial charge in [-0.15, -0.1) is 0 Å². The third kappa shape index (κ3) is 3.47. The first-order chi connectivity index (χ1) is 11.5. The van der Waals surface area contributed by atoms with Crippen LogP contribution < -0.4 is 10.6 Å². The van der Waals surface area contributed by atoms with Gasteiger partial charge in [-0.1, -0.05) is 12.2 Å². The number of nitrogens with two attached hydrogens (primary N) is 1. The highest BCUT2D eigenvalue weighted by molar-refractivity contribution is 5.81. The van der Waals surface area contributed by atoms with Crippen LogP contribution in [0.2, 0.25) is 0 Å². The van der Waals surface area contributed by atoms with Crippen molar-refractivity contribution in [2.45, 2.75) is 12.8 Å². The Balaban J connectivity index is 1.77. The SMILES string of the molecule is Nc1ccnc(N2CCN(C(=O)C3CC=CC3)C[C@H](C(=O)O)C2)n1. The molecule has 1 aromatic heterocycles. The number of carbonyl (C=O) groups excluding carboxylic acids is 1. The maximum atomic E-state index is 12.6. The normalized spacial score (nSPS) is 21.8. The van der Waals surface area contributed by atoms with E-state index in [1.54, 1.807) is 22.1 Å². The van der Waals surface area contributed by atoms with Crippen LogP contribution in [0.5, 0.6) is 0 Å². The number of carboxylic acids is 1. The molecule has 1 aromatic rings. The molecule has 0 spiro atoms. The average molecular weight is 331 g/mol. The van der Waals surface area contributed by atoms with E-state index in [1.165, 1.54) is 0 Å². The van der Waals surface area contributed by atoms with Crippen molar-refractivity contribution >= 4 is 23.6 Å². The van der Waals surface area contributed by atoms with Crippen LogP contribution in [0.4, 0.5) is 11.8 Å². The fraction of sp³-hybridized carbons (Fsp3) is 0.500. The van der Waals surface area contributed by atoms with Crippen molar-refractivity contribution in [1.82, 2.24) is 14.9 Å². The molecule has 1 aliphatic heterocycles. The third-order valence-corrected chi connectivity index (χ3v) is 4.49. The minimum atomic E-state index is -0.923. The molecule has 0 unspecified atom stereocenters. The van der Waals surface area contributed by atoms with Gasteiger partial charge in [-0.3, -0.25) is 9.59 Å². The van der Waals surface area contributed by atoms with Crippen LogP contribution in [0.15, 0.2) is 24.4 Å². The van der Waals surface area contributed by atoms with E-state index in [9.17, 15) is 14.7 Å². The summed E-state index contributed by atoms with van der Waals surface area (Å²) < 4.78 is 0. The zero-order valence-corrected chi connectivity index (χ0v) is 13.3. The minimum absolute atomic E-state index is 0.0293. The van der Waals surface area contributed by atoms with Crippen LogP contribution in [-0.4, -0.2) is 58.0 Å². The van der Waals surface area contributed by atoms with Crippen LogP contribution in [0, 0.1) is 11.8 Å². The summed E-state index contributed by atoms with van der Waals surface area (Å²) in [6, 6.07) is 1.58. The quantitative estimate of drug-likeness (QED) is 0.770. The molecule has 128 valence electrons. The zero-order valence-electron chi connectivity index (χ0n) is 13.3. The van der Waals surface area contributed by atoms with Gasteiger partial charge in [0, 0.05) is 38.3 Å². The smallest absolute Gasteiger partial charge is 0.310 e. The van der Waals surface area contributed by atoms with Crippen LogP contribution in [0.1, 0.15) is 12.8 Å². The maximum Gasteiger partial charge on any atom is 0.310 e. The lowest BCUT2D eigenvalue weighted by atomic mass is 10.0. The van der Waals surface area contributed by atoms with Gasteiger partial charge in [0.2, 0.25) is 11.9 Å². The number of aliphatic carboxylic acids is 1. The van der Waals surface area contributed by atoms with Gasteiger partial charge in [0.1, 0.15) is 5.82 Å². The van der Waals surface area contributed by atoms with Crippen molar-refractivity contribution in [2.24, 2.45) is 11.8 Å². The number of aromatic nitrogens is 2. The number of hydrogen-bond donors (Lipinski definition) is 2. The monoisotopic (exact) mass is 331 g/mol. The molecule has 3 N–H and O–H groups in total. The molecule has 0 bridgehead atoms. The molecule has 1 amide bonds. The molecule has 1 fully saturated rings. The highest BCUT2D eigenvalue weighted by Crippen LogP contribution is 2.23. The fourth-order valence-electron chi connectivity index (χ4n) is 3.14. The Morgan fingerprint density at radius 2 is 1.92 bits per heavy atom. The van der Waals surface area contributed by atoms with E-state index in [-0.39, 0.29) is 24.9 Å². The van der Waals surface area contributed by atoms with Crippen molar-refractivity contribution in [2.75, 3.05) is 36.8 Å². The first-order valence-electron chi connectivity index (χ1n) is 8.04. The van der Waals surface area contributed by atoms with Crippen molar-refractivity contribution in [1.29, 1.82) is 0 Å². The molecule has 24 heavy (non-hydrogen) atoms. The van der Waals surface area contributed by atoms with Gasteiger partial charge in [-0.2, -0.15) is 4.98 Å². The molecule has 3 rings (SSSR count). The van der Waals surface area contributed by atoms with Gasteiger partial charge < -0.3 is 20.6 Å². The van der Waals surface area contributed by atoms with Crippen LogP contribution >= 0.6 is 0 Å². The Bertz CT molecular complexity index is 655. The molecule has 1 saturated heterocycles. The summed E-state index contributed by atoms with van der Waals surface area (Å²) in [6.45, 7) is 1.41. The highest BCUT2D eigenvalue weighted by atomic mass is 16.4. The molecule has 0 aromatic carbocycles. The first-order valence-corrected chi connectivity index (χ1v) is 8.04. The van der Waals surface area contributed by atoms with Gasteiger partial charge in [-0.05, 0) is 18.9 Å². The van der Waals surface area contributed by atoms with Gasteiger partial charge in [0.05, 0.1) is 5.92 Å². The van der Waals surface area contributed by atoms with Crippen molar-refractivity contribution in [3.63, 3.8) is 0 Å². The number of hydrogen-bond acceptors (Lipinski definition) is 6. The second-order valence-electron chi connectivity index (χ2n) is 6.19. The Labute approximate surface area is 140 Å². The van der Waals surface area contributed by atoms with E-state index in [0.29, 0.717) is 24.9 Å². The second-order valence-corrected chi connectivity index (χ2v) is 6.19. The van der Waals surface area contributed by atoms with E-state index >= 15 is 0 Å². The topological polar surface area (TPSA) is 113 Å². The van der Waals surface area contributed by atoms with E-state index in [2.05, 4.69) is 9.97 Å². The van der Waals surface area contributed by atoms with Gasteiger partial charge in [0.15, 0.2) is 0 Å². The molecule has 8 heteroatoms. The molecule has 0 saturated carbocycles. The third-order valence-electron chi connectivity index (χ3n) is 4.49. The molecular weight excluding hydrogens is 310 g/mol. The summed E-state index contributed by atoms with van der Waals surface area (Å²) in [5, 5.41) is 9.50. The summed E-state index contributed by atoms with van der Waals surface area (Å²) in [4.78, 5) is 36.0. The molecule has 1 aliphatic carbocycles. The summed E-state index contributed by atoms with van der Waals surface area (Å²) in [5.74, 6) is -0.903. The van der Waals surface area contributed by atoms with Crippen molar-refractivity contribution < 1.29 is 14.7 Å². The zero-order chi connectivity index (χ0) is 17.1. The Morgan fingerprint density at radius 1 is 1.17 bits per heavy atom. The van der Waals surface area contributed by atoms with E-state index in [1.807, 2.05) is 12.2 Å². The number of carbonyl (C=O) groups is 2. The molecular formula is C16H21N5O3. The first kappa shape index (κ1) is 16.2. The number of nitrogens with zero attached hydrogens (tertiary/aromatic N) is 4. The predicted molar refractivity (Wildman–Crippen MR) is 88.2 cm³/mol. The van der Waals surface area contributed by atoms with Crippen LogP contribution in [-0.2, 0) is 9.59 Å². The number of anilines is 2. The van der Waals surface area contributed by atoms with E-state index in [4.69, 9.17) is 5.73 Å². The largest absolute Gasteiger partial charge is 0.481 e. The molecule has 1 atom stereocenters. The van der Waals surface area contributed by atoms with Crippen LogP contribution in [0.25, 0.3) is 0 Å². The van der Waals surface area contributed by atoms with Gasteiger partial charge in [-0.25, -0.2) is 4.98 Å². The van der Waals surface area contributed by atoms with E-state index < -0.39 is 11.9 Å².